The molecule has 8 heteroatoms. The molecule has 1 fully saturated rings. The summed E-state index contributed by atoms with van der Waals surface area (Å²) in [6.07, 6.45) is 4.19. The average molecular weight is 327 g/mol. The van der Waals surface area contributed by atoms with E-state index < -0.39 is 0 Å². The Bertz CT molecular complexity index is 616. The molecule has 1 N–H and O–H groups in total. The molecule has 0 amide bonds. The summed E-state index contributed by atoms with van der Waals surface area (Å²) in [5.74, 6) is 1.13. The van der Waals surface area contributed by atoms with Crippen molar-refractivity contribution in [3.63, 3.8) is 0 Å². The third-order valence-corrected chi connectivity index (χ3v) is 4.43. The number of halogens is 1. The molecule has 1 atom stereocenters. The van der Waals surface area contributed by atoms with E-state index >= 15 is 0 Å². The number of methoxy groups -OCH3 is 1. The zero-order chi connectivity index (χ0) is 14.7. The van der Waals surface area contributed by atoms with Gasteiger partial charge in [-0.2, -0.15) is 0 Å². The molecular formula is C13H15ClN4O2S. The number of rotatable bonds is 5. The van der Waals surface area contributed by atoms with E-state index in [4.69, 9.17) is 21.1 Å². The zero-order valence-electron chi connectivity index (χ0n) is 11.5. The number of anilines is 1. The van der Waals surface area contributed by atoms with Crippen LogP contribution in [0.5, 0.6) is 5.75 Å². The van der Waals surface area contributed by atoms with Gasteiger partial charge in [0.25, 0.3) is 0 Å². The highest BCUT2D eigenvalue weighted by Crippen LogP contribution is 2.32. The molecule has 0 bridgehead atoms. The van der Waals surface area contributed by atoms with Crippen LogP contribution >= 0.6 is 22.9 Å². The second kappa shape index (κ2) is 6.55. The molecule has 112 valence electrons. The zero-order valence-corrected chi connectivity index (χ0v) is 13.1. The van der Waals surface area contributed by atoms with Gasteiger partial charge in [-0.3, -0.25) is 0 Å². The summed E-state index contributed by atoms with van der Waals surface area (Å²) in [5.41, 5.74) is 0. The summed E-state index contributed by atoms with van der Waals surface area (Å²) in [6.45, 7) is 1.44. The normalized spacial score (nSPS) is 17.9. The number of ether oxygens (including phenoxy) is 2. The Hall–Kier alpha value is -1.44. The van der Waals surface area contributed by atoms with Crippen LogP contribution in [0.15, 0.2) is 12.3 Å². The molecule has 0 aromatic carbocycles. The van der Waals surface area contributed by atoms with E-state index in [1.165, 1.54) is 0 Å². The van der Waals surface area contributed by atoms with Crippen LogP contribution in [0.4, 0.5) is 5.82 Å². The van der Waals surface area contributed by atoms with E-state index in [2.05, 4.69) is 20.5 Å². The largest absolute Gasteiger partial charge is 0.493 e. The Morgan fingerprint density at radius 2 is 2.43 bits per heavy atom. The van der Waals surface area contributed by atoms with Crippen molar-refractivity contribution in [3.8, 4) is 5.75 Å². The van der Waals surface area contributed by atoms with Crippen molar-refractivity contribution in [3.05, 3.63) is 27.3 Å². The molecule has 0 spiro atoms. The van der Waals surface area contributed by atoms with Gasteiger partial charge < -0.3 is 14.8 Å². The van der Waals surface area contributed by atoms with Crippen molar-refractivity contribution in [1.29, 1.82) is 0 Å². The van der Waals surface area contributed by atoms with Crippen molar-refractivity contribution in [2.45, 2.75) is 25.5 Å². The van der Waals surface area contributed by atoms with Gasteiger partial charge in [-0.05, 0) is 12.8 Å². The molecule has 2 aromatic rings. The first-order valence-corrected chi connectivity index (χ1v) is 7.83. The van der Waals surface area contributed by atoms with E-state index in [1.807, 2.05) is 6.20 Å². The predicted octanol–water partition coefficient (Wildman–Crippen LogP) is 3.06. The second-order valence-electron chi connectivity index (χ2n) is 4.60. The smallest absolute Gasteiger partial charge is 0.191 e. The lowest BCUT2D eigenvalue weighted by atomic mass is 10.2. The Morgan fingerprint density at radius 1 is 1.52 bits per heavy atom. The lowest BCUT2D eigenvalue weighted by Crippen LogP contribution is -2.03. The van der Waals surface area contributed by atoms with E-state index in [1.54, 1.807) is 24.5 Å². The summed E-state index contributed by atoms with van der Waals surface area (Å²) >= 11 is 7.44. The highest BCUT2D eigenvalue weighted by Gasteiger charge is 2.20. The average Bonchev–Trinajstić information content (AvgIpc) is 3.16. The number of nitrogens with zero attached hydrogens (tertiary/aromatic N) is 3. The molecule has 21 heavy (non-hydrogen) atoms. The number of hydrogen-bond acceptors (Lipinski definition) is 7. The van der Waals surface area contributed by atoms with Crippen molar-refractivity contribution in [2.24, 2.45) is 0 Å². The van der Waals surface area contributed by atoms with Gasteiger partial charge in [-0.15, -0.1) is 21.5 Å². The van der Waals surface area contributed by atoms with E-state index in [0.29, 0.717) is 23.3 Å². The SMILES string of the molecule is COc1cc(Cl)nnc1NCc1cnc([C@@H]2CCCO2)s1. The third-order valence-electron chi connectivity index (χ3n) is 3.16. The van der Waals surface area contributed by atoms with Crippen LogP contribution in [0.2, 0.25) is 5.15 Å². The molecule has 3 rings (SSSR count). The van der Waals surface area contributed by atoms with Crippen LogP contribution in [0.25, 0.3) is 0 Å². The molecule has 0 saturated carbocycles. The van der Waals surface area contributed by atoms with Gasteiger partial charge >= 0.3 is 0 Å². The number of nitrogens with one attached hydrogen (secondary N) is 1. The third kappa shape index (κ3) is 3.42. The van der Waals surface area contributed by atoms with Crippen LogP contribution in [-0.2, 0) is 11.3 Å². The van der Waals surface area contributed by atoms with Gasteiger partial charge in [-0.25, -0.2) is 4.98 Å². The maximum absolute atomic E-state index is 5.79. The highest BCUT2D eigenvalue weighted by molar-refractivity contribution is 7.11. The lowest BCUT2D eigenvalue weighted by Gasteiger charge is -2.08. The van der Waals surface area contributed by atoms with E-state index in [-0.39, 0.29) is 6.10 Å². The number of thiazole rings is 1. The van der Waals surface area contributed by atoms with Crippen molar-refractivity contribution in [1.82, 2.24) is 15.2 Å². The first-order valence-electron chi connectivity index (χ1n) is 6.63. The summed E-state index contributed by atoms with van der Waals surface area (Å²) in [5, 5.41) is 12.3. The molecule has 0 radical (unpaired) electrons. The molecule has 6 nitrogen and oxygen atoms in total. The van der Waals surface area contributed by atoms with Crippen LogP contribution in [-0.4, -0.2) is 28.9 Å². The highest BCUT2D eigenvalue weighted by atomic mass is 35.5. The van der Waals surface area contributed by atoms with Gasteiger partial charge in [0.1, 0.15) is 11.1 Å². The van der Waals surface area contributed by atoms with Gasteiger partial charge in [-0.1, -0.05) is 11.6 Å². The molecule has 3 heterocycles. The quantitative estimate of drug-likeness (QED) is 0.910. The fourth-order valence-electron chi connectivity index (χ4n) is 2.13. The van der Waals surface area contributed by atoms with Gasteiger partial charge in [0.2, 0.25) is 0 Å². The van der Waals surface area contributed by atoms with E-state index in [0.717, 1.165) is 29.3 Å². The van der Waals surface area contributed by atoms with Crippen LogP contribution in [0, 0.1) is 0 Å². The van der Waals surface area contributed by atoms with Crippen molar-refractivity contribution >= 4 is 28.8 Å². The van der Waals surface area contributed by atoms with Crippen LogP contribution in [0.3, 0.4) is 0 Å². The molecule has 1 saturated heterocycles. The van der Waals surface area contributed by atoms with Crippen molar-refractivity contribution in [2.75, 3.05) is 19.0 Å². The van der Waals surface area contributed by atoms with Crippen molar-refractivity contribution < 1.29 is 9.47 Å². The van der Waals surface area contributed by atoms with Gasteiger partial charge in [0.05, 0.1) is 13.7 Å². The minimum Gasteiger partial charge on any atom is -0.493 e. The fraction of sp³-hybridized carbons (Fsp3) is 0.462. The Morgan fingerprint density at radius 3 is 3.19 bits per heavy atom. The minimum absolute atomic E-state index is 0.161. The molecule has 1 aliphatic heterocycles. The predicted molar refractivity (Wildman–Crippen MR) is 81.0 cm³/mol. The first kappa shape index (κ1) is 14.5. The summed E-state index contributed by atoms with van der Waals surface area (Å²) in [7, 11) is 1.57. The summed E-state index contributed by atoms with van der Waals surface area (Å²) in [4.78, 5) is 5.54. The molecule has 2 aromatic heterocycles. The number of hydrogen-bond donors (Lipinski definition) is 1. The Balaban J connectivity index is 1.65. The second-order valence-corrected chi connectivity index (χ2v) is 6.14. The maximum Gasteiger partial charge on any atom is 0.191 e. The standard InChI is InChI=1S/C13H15ClN4O2S/c1-19-10-5-11(14)17-18-12(10)15-6-8-7-16-13(21-8)9-3-2-4-20-9/h5,7,9H,2-4,6H2,1H3,(H,15,18)/t9-/m0/s1. The van der Waals surface area contributed by atoms with Crippen LogP contribution in [0.1, 0.15) is 28.8 Å². The van der Waals surface area contributed by atoms with Crippen LogP contribution < -0.4 is 10.1 Å². The fourth-order valence-corrected chi connectivity index (χ4v) is 3.21. The monoisotopic (exact) mass is 326 g/mol. The number of aromatic nitrogens is 3. The molecule has 0 aliphatic carbocycles. The van der Waals surface area contributed by atoms with E-state index in [9.17, 15) is 0 Å². The molecular weight excluding hydrogens is 312 g/mol. The Labute approximate surface area is 131 Å². The van der Waals surface area contributed by atoms with Gasteiger partial charge in [0.15, 0.2) is 16.7 Å². The summed E-state index contributed by atoms with van der Waals surface area (Å²) in [6, 6.07) is 1.63. The molecule has 0 unspecified atom stereocenters. The van der Waals surface area contributed by atoms with Gasteiger partial charge in [0, 0.05) is 23.7 Å². The Kier molecular flexibility index (Phi) is 4.52. The molecule has 1 aliphatic rings. The topological polar surface area (TPSA) is 69.2 Å². The maximum atomic E-state index is 5.79. The summed E-state index contributed by atoms with van der Waals surface area (Å²) < 4.78 is 10.9. The minimum atomic E-state index is 0.161. The first-order chi connectivity index (χ1) is 10.3. The lowest BCUT2D eigenvalue weighted by molar-refractivity contribution is 0.111.